The zero-order chi connectivity index (χ0) is 12.5. The molecule has 4 heteroatoms. The highest BCUT2D eigenvalue weighted by Gasteiger charge is 2.31. The molecule has 1 N–H and O–H groups in total. The number of thioether (sulfide) groups is 1. The van der Waals surface area contributed by atoms with Crippen molar-refractivity contribution in [2.75, 3.05) is 18.8 Å². The molecular formula is C14H13FN2S. The lowest BCUT2D eigenvalue weighted by molar-refractivity contribution is 0.588. The first kappa shape index (κ1) is 11.8. The van der Waals surface area contributed by atoms with Crippen molar-refractivity contribution < 1.29 is 4.39 Å². The highest BCUT2D eigenvalue weighted by atomic mass is 32.2. The molecule has 2 heterocycles. The van der Waals surface area contributed by atoms with Gasteiger partial charge in [0.1, 0.15) is 11.9 Å². The SMILES string of the molecule is N#Cc1ccc(F)c2c1SCC2C1=CCCNC1. The van der Waals surface area contributed by atoms with Crippen LogP contribution in [0.3, 0.4) is 0 Å². The van der Waals surface area contributed by atoms with Gasteiger partial charge in [0.2, 0.25) is 0 Å². The van der Waals surface area contributed by atoms with Gasteiger partial charge >= 0.3 is 0 Å². The van der Waals surface area contributed by atoms with Gasteiger partial charge < -0.3 is 5.32 Å². The van der Waals surface area contributed by atoms with Crippen molar-refractivity contribution in [2.24, 2.45) is 0 Å². The van der Waals surface area contributed by atoms with Gasteiger partial charge in [0, 0.05) is 28.7 Å². The maximum absolute atomic E-state index is 14.0. The van der Waals surface area contributed by atoms with Crippen LogP contribution in [0.4, 0.5) is 4.39 Å². The van der Waals surface area contributed by atoms with Crippen LogP contribution in [0.15, 0.2) is 28.7 Å². The Balaban J connectivity index is 2.06. The summed E-state index contributed by atoms with van der Waals surface area (Å²) in [6.07, 6.45) is 3.22. The Morgan fingerprint density at radius 2 is 2.33 bits per heavy atom. The van der Waals surface area contributed by atoms with Gasteiger partial charge in [-0.3, -0.25) is 0 Å². The average molecular weight is 260 g/mol. The molecule has 2 nitrogen and oxygen atoms in total. The molecule has 2 aliphatic heterocycles. The first-order valence-corrected chi connectivity index (χ1v) is 7.04. The van der Waals surface area contributed by atoms with Crippen molar-refractivity contribution in [3.05, 3.63) is 40.7 Å². The molecule has 1 aromatic carbocycles. The molecule has 0 saturated heterocycles. The minimum atomic E-state index is -0.175. The number of fused-ring (bicyclic) bond motifs is 1. The Morgan fingerprint density at radius 1 is 1.44 bits per heavy atom. The quantitative estimate of drug-likeness (QED) is 0.789. The molecule has 92 valence electrons. The lowest BCUT2D eigenvalue weighted by Gasteiger charge is -2.20. The Labute approximate surface area is 110 Å². The van der Waals surface area contributed by atoms with Gasteiger partial charge in [0.15, 0.2) is 0 Å². The first-order valence-electron chi connectivity index (χ1n) is 6.06. The van der Waals surface area contributed by atoms with E-state index in [-0.39, 0.29) is 11.7 Å². The molecule has 0 aliphatic carbocycles. The summed E-state index contributed by atoms with van der Waals surface area (Å²) in [6, 6.07) is 5.16. The van der Waals surface area contributed by atoms with Gasteiger partial charge in [-0.2, -0.15) is 5.26 Å². The van der Waals surface area contributed by atoms with Crippen LogP contribution in [-0.2, 0) is 0 Å². The van der Waals surface area contributed by atoms with Gasteiger partial charge in [-0.15, -0.1) is 11.8 Å². The molecule has 0 radical (unpaired) electrons. The molecule has 0 spiro atoms. The number of rotatable bonds is 1. The third-order valence-electron chi connectivity index (χ3n) is 3.51. The zero-order valence-corrected chi connectivity index (χ0v) is 10.7. The van der Waals surface area contributed by atoms with Crippen LogP contribution < -0.4 is 5.32 Å². The van der Waals surface area contributed by atoms with E-state index in [4.69, 9.17) is 5.26 Å². The molecule has 18 heavy (non-hydrogen) atoms. The van der Waals surface area contributed by atoms with Gasteiger partial charge in [-0.05, 0) is 25.1 Å². The van der Waals surface area contributed by atoms with Crippen LogP contribution in [0, 0.1) is 17.1 Å². The maximum Gasteiger partial charge on any atom is 0.128 e. The molecule has 1 aromatic rings. The third kappa shape index (κ3) is 1.84. The monoisotopic (exact) mass is 260 g/mol. The third-order valence-corrected chi connectivity index (χ3v) is 4.74. The second kappa shape index (κ2) is 4.75. The molecule has 3 rings (SSSR count). The number of nitrogens with zero attached hydrogens (tertiary/aromatic N) is 1. The minimum absolute atomic E-state index is 0.131. The molecule has 0 amide bonds. The van der Waals surface area contributed by atoms with Crippen LogP contribution in [-0.4, -0.2) is 18.8 Å². The Morgan fingerprint density at radius 3 is 3.06 bits per heavy atom. The topological polar surface area (TPSA) is 35.8 Å². The summed E-state index contributed by atoms with van der Waals surface area (Å²) in [5, 5.41) is 12.4. The van der Waals surface area contributed by atoms with Crippen molar-refractivity contribution in [2.45, 2.75) is 17.2 Å². The number of hydrogen-bond donors (Lipinski definition) is 1. The van der Waals surface area contributed by atoms with E-state index in [2.05, 4.69) is 17.5 Å². The number of hydrogen-bond acceptors (Lipinski definition) is 3. The Bertz CT molecular complexity index is 560. The molecule has 1 unspecified atom stereocenters. The highest BCUT2D eigenvalue weighted by molar-refractivity contribution is 7.99. The fraction of sp³-hybridized carbons (Fsp3) is 0.357. The van der Waals surface area contributed by atoms with Crippen molar-refractivity contribution in [3.8, 4) is 6.07 Å². The van der Waals surface area contributed by atoms with Gasteiger partial charge in [0.05, 0.1) is 5.56 Å². The fourth-order valence-corrected chi connectivity index (χ4v) is 3.99. The molecule has 0 saturated carbocycles. The summed E-state index contributed by atoms with van der Waals surface area (Å²) in [6.45, 7) is 1.83. The Kier molecular flexibility index (Phi) is 3.11. The molecular weight excluding hydrogens is 247 g/mol. The summed E-state index contributed by atoms with van der Waals surface area (Å²) in [4.78, 5) is 0.842. The number of benzene rings is 1. The minimum Gasteiger partial charge on any atom is -0.313 e. The van der Waals surface area contributed by atoms with E-state index in [0.717, 1.165) is 35.7 Å². The summed E-state index contributed by atoms with van der Waals surface area (Å²) < 4.78 is 14.0. The average Bonchev–Trinajstić information content (AvgIpc) is 2.86. The van der Waals surface area contributed by atoms with E-state index < -0.39 is 0 Å². The van der Waals surface area contributed by atoms with Gasteiger partial charge in [-0.25, -0.2) is 4.39 Å². The predicted molar refractivity (Wildman–Crippen MR) is 70.1 cm³/mol. The fourth-order valence-electron chi connectivity index (χ4n) is 2.62. The largest absolute Gasteiger partial charge is 0.313 e. The van der Waals surface area contributed by atoms with E-state index in [9.17, 15) is 4.39 Å². The summed E-state index contributed by atoms with van der Waals surface area (Å²) in [7, 11) is 0. The van der Waals surface area contributed by atoms with Crippen LogP contribution in [0.1, 0.15) is 23.5 Å². The standard InChI is InChI=1S/C14H13FN2S/c15-12-4-3-9(6-16)14-13(12)11(8-18-14)10-2-1-5-17-7-10/h2-4,11,17H,1,5,7-8H2. The smallest absolute Gasteiger partial charge is 0.128 e. The molecule has 1 atom stereocenters. The molecule has 0 bridgehead atoms. The second-order valence-corrected chi connectivity index (χ2v) is 5.59. The van der Waals surface area contributed by atoms with E-state index in [1.54, 1.807) is 17.8 Å². The first-order chi connectivity index (χ1) is 8.81. The lowest BCUT2D eigenvalue weighted by atomic mass is 9.89. The van der Waals surface area contributed by atoms with Crippen LogP contribution in [0.5, 0.6) is 0 Å². The van der Waals surface area contributed by atoms with Crippen LogP contribution in [0.25, 0.3) is 0 Å². The van der Waals surface area contributed by atoms with E-state index >= 15 is 0 Å². The number of nitrogens with one attached hydrogen (secondary N) is 1. The number of nitriles is 1. The maximum atomic E-state index is 14.0. The van der Waals surface area contributed by atoms with E-state index in [1.807, 2.05) is 0 Å². The molecule has 0 aromatic heterocycles. The van der Waals surface area contributed by atoms with E-state index in [0.29, 0.717) is 5.56 Å². The summed E-state index contributed by atoms with van der Waals surface area (Å²) in [5.74, 6) is 0.801. The lowest BCUT2D eigenvalue weighted by Crippen LogP contribution is -2.25. The predicted octanol–water partition coefficient (Wildman–Crippen LogP) is 2.81. The van der Waals surface area contributed by atoms with Gasteiger partial charge in [-0.1, -0.05) is 11.6 Å². The van der Waals surface area contributed by atoms with Crippen LogP contribution in [0.2, 0.25) is 0 Å². The molecule has 2 aliphatic rings. The van der Waals surface area contributed by atoms with Crippen LogP contribution >= 0.6 is 11.8 Å². The van der Waals surface area contributed by atoms with Crippen molar-refractivity contribution in [1.29, 1.82) is 5.26 Å². The number of halogens is 1. The normalized spacial score (nSPS) is 22.2. The highest BCUT2D eigenvalue weighted by Crippen LogP contribution is 2.46. The zero-order valence-electron chi connectivity index (χ0n) is 9.87. The van der Waals surface area contributed by atoms with Crippen molar-refractivity contribution in [1.82, 2.24) is 5.32 Å². The van der Waals surface area contributed by atoms with Crippen molar-refractivity contribution >= 4 is 11.8 Å². The van der Waals surface area contributed by atoms with Gasteiger partial charge in [0.25, 0.3) is 0 Å². The van der Waals surface area contributed by atoms with E-state index in [1.165, 1.54) is 11.6 Å². The molecule has 0 fully saturated rings. The Hall–Kier alpha value is -1.31. The van der Waals surface area contributed by atoms with Crippen molar-refractivity contribution in [3.63, 3.8) is 0 Å². The summed E-state index contributed by atoms with van der Waals surface area (Å²) >= 11 is 1.60. The summed E-state index contributed by atoms with van der Waals surface area (Å²) in [5.41, 5.74) is 2.60. The second-order valence-electron chi connectivity index (χ2n) is 4.56.